The minimum Gasteiger partial charge on any atom is -0.238 e. The van der Waals surface area contributed by atoms with Gasteiger partial charge in [-0.3, -0.25) is 0 Å². The van der Waals surface area contributed by atoms with Crippen molar-refractivity contribution < 1.29 is 4.39 Å². The van der Waals surface area contributed by atoms with Crippen molar-refractivity contribution in [1.29, 1.82) is 0 Å². The molecule has 18 heavy (non-hydrogen) atoms. The van der Waals surface area contributed by atoms with Crippen molar-refractivity contribution in [2.75, 3.05) is 5.33 Å². The van der Waals surface area contributed by atoms with Crippen LogP contribution in [-0.4, -0.2) is 15.3 Å². The number of aryl methyl sites for hydroxylation is 1. The Kier molecular flexibility index (Phi) is 4.97. The number of hydrogen-bond donors (Lipinski definition) is 0. The first kappa shape index (κ1) is 13.8. The summed E-state index contributed by atoms with van der Waals surface area (Å²) < 4.78 is 14.0. The SMILES string of the molecule is Fc1c(CCBr)ncnc1Sc1ccc(Cl)cc1. The second-order valence-corrected chi connectivity index (χ2v) is 5.73. The van der Waals surface area contributed by atoms with Crippen molar-refractivity contribution in [3.05, 3.63) is 47.1 Å². The van der Waals surface area contributed by atoms with Gasteiger partial charge in [0.15, 0.2) is 5.82 Å². The van der Waals surface area contributed by atoms with Crippen LogP contribution >= 0.6 is 39.3 Å². The molecule has 0 aliphatic rings. The Morgan fingerprint density at radius 2 is 1.94 bits per heavy atom. The maximum Gasteiger partial charge on any atom is 0.177 e. The Balaban J connectivity index is 2.23. The molecule has 0 unspecified atom stereocenters. The molecule has 0 saturated heterocycles. The molecule has 0 bridgehead atoms. The fraction of sp³-hybridized carbons (Fsp3) is 0.167. The number of alkyl halides is 1. The van der Waals surface area contributed by atoms with Gasteiger partial charge in [0.25, 0.3) is 0 Å². The number of nitrogens with zero attached hydrogens (tertiary/aromatic N) is 2. The summed E-state index contributed by atoms with van der Waals surface area (Å²) >= 11 is 10.3. The van der Waals surface area contributed by atoms with Crippen LogP contribution in [0.2, 0.25) is 5.02 Å². The molecule has 0 atom stereocenters. The van der Waals surface area contributed by atoms with Crippen LogP contribution < -0.4 is 0 Å². The fourth-order valence-corrected chi connectivity index (χ4v) is 2.64. The van der Waals surface area contributed by atoms with Crippen LogP contribution in [0, 0.1) is 5.82 Å². The molecule has 94 valence electrons. The Hall–Kier alpha value is -0.650. The molecule has 0 amide bonds. The quantitative estimate of drug-likeness (QED) is 0.607. The van der Waals surface area contributed by atoms with E-state index in [0.717, 1.165) is 4.90 Å². The van der Waals surface area contributed by atoms with Crippen molar-refractivity contribution in [1.82, 2.24) is 9.97 Å². The Morgan fingerprint density at radius 1 is 1.22 bits per heavy atom. The maximum atomic E-state index is 14.0. The number of hydrogen-bond acceptors (Lipinski definition) is 3. The van der Waals surface area contributed by atoms with Gasteiger partial charge in [0.1, 0.15) is 11.4 Å². The van der Waals surface area contributed by atoms with Gasteiger partial charge in [-0.05, 0) is 24.3 Å². The molecule has 1 heterocycles. The van der Waals surface area contributed by atoms with E-state index in [4.69, 9.17) is 11.6 Å². The van der Waals surface area contributed by atoms with Crippen molar-refractivity contribution in [2.24, 2.45) is 0 Å². The first-order valence-electron chi connectivity index (χ1n) is 5.19. The summed E-state index contributed by atoms with van der Waals surface area (Å²) in [5.41, 5.74) is 0.429. The highest BCUT2D eigenvalue weighted by molar-refractivity contribution is 9.09. The summed E-state index contributed by atoms with van der Waals surface area (Å²) in [4.78, 5) is 8.79. The highest BCUT2D eigenvalue weighted by Crippen LogP contribution is 2.29. The van der Waals surface area contributed by atoms with Crippen LogP contribution in [0.1, 0.15) is 5.69 Å². The van der Waals surface area contributed by atoms with Gasteiger partial charge in [-0.25, -0.2) is 14.4 Å². The zero-order chi connectivity index (χ0) is 13.0. The third kappa shape index (κ3) is 3.43. The predicted octanol–water partition coefficient (Wildman–Crippen LogP) is 4.36. The summed E-state index contributed by atoms with van der Waals surface area (Å²) in [6.45, 7) is 0. The van der Waals surface area contributed by atoms with Crippen LogP contribution in [0.3, 0.4) is 0 Å². The van der Waals surface area contributed by atoms with Gasteiger partial charge in [-0.2, -0.15) is 0 Å². The molecular formula is C12H9BrClFN2S. The summed E-state index contributed by atoms with van der Waals surface area (Å²) in [6.07, 6.45) is 1.93. The van der Waals surface area contributed by atoms with Crippen molar-refractivity contribution in [2.45, 2.75) is 16.3 Å². The van der Waals surface area contributed by atoms with Gasteiger partial charge < -0.3 is 0 Å². The van der Waals surface area contributed by atoms with Crippen LogP contribution in [-0.2, 0) is 6.42 Å². The van der Waals surface area contributed by atoms with Crippen molar-refractivity contribution >= 4 is 39.3 Å². The zero-order valence-electron chi connectivity index (χ0n) is 9.24. The second kappa shape index (κ2) is 6.50. The van der Waals surface area contributed by atoms with E-state index in [-0.39, 0.29) is 5.82 Å². The Morgan fingerprint density at radius 3 is 2.61 bits per heavy atom. The standard InChI is InChI=1S/C12H9BrClFN2S/c13-6-5-10-11(15)12(17-7-16-10)18-9-3-1-8(14)2-4-9/h1-4,7H,5-6H2. The average molecular weight is 348 g/mol. The average Bonchev–Trinajstić information content (AvgIpc) is 2.37. The summed E-state index contributed by atoms with van der Waals surface area (Å²) in [5, 5.41) is 1.66. The molecule has 1 aromatic carbocycles. The summed E-state index contributed by atoms with van der Waals surface area (Å²) in [7, 11) is 0. The van der Waals surface area contributed by atoms with Crippen molar-refractivity contribution in [3.63, 3.8) is 0 Å². The molecule has 0 aliphatic carbocycles. The number of halogens is 3. The Labute approximate surface area is 122 Å². The van der Waals surface area contributed by atoms with Gasteiger partial charge in [0.2, 0.25) is 0 Å². The molecule has 2 aromatic rings. The summed E-state index contributed by atoms with van der Waals surface area (Å²) in [5.74, 6) is -0.350. The Bertz CT molecular complexity index is 536. The summed E-state index contributed by atoms with van der Waals surface area (Å²) in [6, 6.07) is 7.20. The van der Waals surface area contributed by atoms with E-state index in [0.29, 0.717) is 27.5 Å². The fourth-order valence-electron chi connectivity index (χ4n) is 1.34. The molecule has 1 aromatic heterocycles. The molecule has 0 saturated carbocycles. The van der Waals surface area contributed by atoms with Gasteiger partial charge in [-0.15, -0.1) is 0 Å². The van der Waals surface area contributed by atoms with Crippen molar-refractivity contribution in [3.8, 4) is 0 Å². The van der Waals surface area contributed by atoms with E-state index in [1.165, 1.54) is 18.1 Å². The lowest BCUT2D eigenvalue weighted by Crippen LogP contribution is -2.00. The van der Waals surface area contributed by atoms with Gasteiger partial charge in [0.05, 0.1) is 5.69 Å². The lowest BCUT2D eigenvalue weighted by Gasteiger charge is -2.05. The normalized spacial score (nSPS) is 10.6. The van der Waals surface area contributed by atoms with E-state index in [1.54, 1.807) is 12.1 Å². The predicted molar refractivity (Wildman–Crippen MR) is 75.1 cm³/mol. The number of benzene rings is 1. The van der Waals surface area contributed by atoms with E-state index < -0.39 is 0 Å². The number of rotatable bonds is 4. The molecule has 2 rings (SSSR count). The molecule has 0 N–H and O–H groups in total. The van der Waals surface area contributed by atoms with Gasteiger partial charge >= 0.3 is 0 Å². The van der Waals surface area contributed by atoms with Crippen LogP contribution in [0.5, 0.6) is 0 Å². The van der Waals surface area contributed by atoms with E-state index >= 15 is 0 Å². The number of aromatic nitrogens is 2. The molecule has 0 aliphatic heterocycles. The van der Waals surface area contributed by atoms with E-state index in [9.17, 15) is 4.39 Å². The first-order chi connectivity index (χ1) is 8.70. The van der Waals surface area contributed by atoms with Gasteiger partial charge in [-0.1, -0.05) is 39.3 Å². The maximum absolute atomic E-state index is 14.0. The minimum atomic E-state index is -0.350. The van der Waals surface area contributed by atoms with Crippen LogP contribution in [0.25, 0.3) is 0 Å². The first-order valence-corrected chi connectivity index (χ1v) is 7.51. The van der Waals surface area contributed by atoms with Crippen LogP contribution in [0.15, 0.2) is 40.5 Å². The zero-order valence-corrected chi connectivity index (χ0v) is 12.4. The highest BCUT2D eigenvalue weighted by Gasteiger charge is 2.11. The molecule has 0 radical (unpaired) electrons. The van der Waals surface area contributed by atoms with Crippen LogP contribution in [0.4, 0.5) is 4.39 Å². The minimum absolute atomic E-state index is 0.336. The third-order valence-corrected chi connectivity index (χ3v) is 3.82. The highest BCUT2D eigenvalue weighted by atomic mass is 79.9. The smallest absolute Gasteiger partial charge is 0.177 e. The molecule has 0 fully saturated rings. The molecule has 0 spiro atoms. The van der Waals surface area contributed by atoms with Gasteiger partial charge in [0, 0.05) is 21.7 Å². The van der Waals surface area contributed by atoms with E-state index in [2.05, 4.69) is 25.9 Å². The monoisotopic (exact) mass is 346 g/mol. The third-order valence-electron chi connectivity index (χ3n) is 2.19. The molecule has 2 nitrogen and oxygen atoms in total. The van der Waals surface area contributed by atoms with E-state index in [1.807, 2.05) is 12.1 Å². The topological polar surface area (TPSA) is 25.8 Å². The largest absolute Gasteiger partial charge is 0.238 e. The lowest BCUT2D eigenvalue weighted by atomic mass is 10.3. The molecular weight excluding hydrogens is 339 g/mol. The second-order valence-electron chi connectivity index (χ2n) is 3.43. The molecule has 6 heteroatoms. The lowest BCUT2D eigenvalue weighted by molar-refractivity contribution is 0.560.